The first kappa shape index (κ1) is 17.4. The van der Waals surface area contributed by atoms with Gasteiger partial charge in [-0.05, 0) is 49.2 Å². The molecule has 1 aromatic heterocycles. The highest BCUT2D eigenvalue weighted by molar-refractivity contribution is 5.80. The average Bonchev–Trinajstić information content (AvgIpc) is 3.15. The number of carbonyl (C=O) groups is 1. The lowest BCUT2D eigenvalue weighted by molar-refractivity contribution is -0.131. The van der Waals surface area contributed by atoms with Crippen LogP contribution in [0, 0.1) is 0 Å². The molecule has 3 rings (SSSR count). The third-order valence-corrected chi connectivity index (χ3v) is 4.96. The Morgan fingerprint density at radius 1 is 1.24 bits per heavy atom. The van der Waals surface area contributed by atoms with Gasteiger partial charge in [-0.25, -0.2) is 0 Å². The second-order valence-electron chi connectivity index (χ2n) is 6.69. The molecule has 0 saturated carbocycles. The minimum atomic E-state index is 0.00392. The molecule has 1 saturated heterocycles. The molecule has 2 N–H and O–H groups in total. The number of aromatic nitrogens is 1. The van der Waals surface area contributed by atoms with Crippen LogP contribution in [0.15, 0.2) is 48.8 Å². The Balaban J connectivity index is 1.76. The smallest absolute Gasteiger partial charge is 0.227 e. The van der Waals surface area contributed by atoms with E-state index in [0.29, 0.717) is 12.1 Å². The molecular weight excluding hydrogens is 312 g/mol. The van der Waals surface area contributed by atoms with E-state index in [4.69, 9.17) is 5.73 Å². The van der Waals surface area contributed by atoms with Crippen molar-refractivity contribution in [3.63, 3.8) is 0 Å². The van der Waals surface area contributed by atoms with Crippen LogP contribution >= 0.6 is 0 Å². The summed E-state index contributed by atoms with van der Waals surface area (Å²) in [7, 11) is 1.88. The van der Waals surface area contributed by atoms with Gasteiger partial charge in [-0.1, -0.05) is 24.3 Å². The van der Waals surface area contributed by atoms with Crippen molar-refractivity contribution in [2.24, 2.45) is 0 Å². The van der Waals surface area contributed by atoms with Gasteiger partial charge in [0.25, 0.3) is 0 Å². The van der Waals surface area contributed by atoms with E-state index in [9.17, 15) is 4.79 Å². The first-order chi connectivity index (χ1) is 12.1. The summed E-state index contributed by atoms with van der Waals surface area (Å²) in [4.78, 5) is 21.4. The summed E-state index contributed by atoms with van der Waals surface area (Å²) in [5, 5.41) is 0. The Labute approximate surface area is 149 Å². The normalized spacial score (nSPS) is 15.9. The molecule has 0 radical (unpaired) electrons. The van der Waals surface area contributed by atoms with Crippen LogP contribution in [0.5, 0.6) is 0 Å². The van der Waals surface area contributed by atoms with Crippen LogP contribution in [0.4, 0.5) is 5.69 Å². The minimum absolute atomic E-state index is 0.00392. The maximum atomic E-state index is 12.9. The maximum absolute atomic E-state index is 12.9. The quantitative estimate of drug-likeness (QED) is 0.822. The van der Waals surface area contributed by atoms with Crippen LogP contribution in [-0.4, -0.2) is 47.4 Å². The van der Waals surface area contributed by atoms with Gasteiger partial charge in [-0.3, -0.25) is 9.78 Å². The van der Waals surface area contributed by atoms with Gasteiger partial charge < -0.3 is 15.5 Å². The van der Waals surface area contributed by atoms with Gasteiger partial charge in [-0.15, -0.1) is 0 Å². The highest BCUT2D eigenvalue weighted by atomic mass is 16.2. The summed E-state index contributed by atoms with van der Waals surface area (Å²) in [6.07, 6.45) is 6.42. The molecule has 5 nitrogen and oxygen atoms in total. The Hall–Kier alpha value is -2.40. The topological polar surface area (TPSA) is 62.5 Å². The molecule has 1 atom stereocenters. The lowest BCUT2D eigenvalue weighted by Gasteiger charge is -2.32. The van der Waals surface area contributed by atoms with E-state index < -0.39 is 0 Å². The van der Waals surface area contributed by atoms with Crippen molar-refractivity contribution in [2.45, 2.75) is 25.3 Å². The summed E-state index contributed by atoms with van der Waals surface area (Å²) < 4.78 is 0. The van der Waals surface area contributed by atoms with Crippen molar-refractivity contribution in [3.05, 3.63) is 59.9 Å². The number of nitrogens with two attached hydrogens (primary N) is 1. The minimum Gasteiger partial charge on any atom is -0.398 e. The Kier molecular flexibility index (Phi) is 5.66. The first-order valence-electron chi connectivity index (χ1n) is 8.86. The van der Waals surface area contributed by atoms with E-state index in [1.165, 1.54) is 12.8 Å². The molecular formula is C20H26N4O. The molecule has 1 fully saturated rings. The number of hydrogen-bond acceptors (Lipinski definition) is 4. The van der Waals surface area contributed by atoms with Crippen LogP contribution in [0.2, 0.25) is 0 Å². The van der Waals surface area contributed by atoms with E-state index in [1.807, 2.05) is 54.5 Å². The largest absolute Gasteiger partial charge is 0.398 e. The number of rotatable bonds is 6. The van der Waals surface area contributed by atoms with Gasteiger partial charge in [0.2, 0.25) is 5.91 Å². The number of anilines is 1. The van der Waals surface area contributed by atoms with E-state index in [1.54, 1.807) is 6.20 Å². The van der Waals surface area contributed by atoms with Crippen molar-refractivity contribution >= 4 is 11.6 Å². The van der Waals surface area contributed by atoms with E-state index in [2.05, 4.69) is 9.88 Å². The fraction of sp³-hybridized carbons (Fsp3) is 0.400. The summed E-state index contributed by atoms with van der Waals surface area (Å²) in [6.45, 7) is 3.05. The third kappa shape index (κ3) is 4.37. The molecule has 0 aliphatic carbocycles. The van der Waals surface area contributed by atoms with Crippen molar-refractivity contribution in [2.75, 3.05) is 32.4 Å². The molecule has 1 aromatic carbocycles. The predicted molar refractivity (Wildman–Crippen MR) is 100.0 cm³/mol. The lowest BCUT2D eigenvalue weighted by atomic mass is 10.0. The van der Waals surface area contributed by atoms with E-state index in [0.717, 1.165) is 30.8 Å². The van der Waals surface area contributed by atoms with Gasteiger partial charge in [-0.2, -0.15) is 0 Å². The number of benzene rings is 1. The number of likely N-dealkylation sites (N-methyl/N-ethyl adjacent to an activating group) is 1. The number of nitrogens with zero attached hydrogens (tertiary/aromatic N) is 3. The molecule has 2 aromatic rings. The maximum Gasteiger partial charge on any atom is 0.227 e. The predicted octanol–water partition coefficient (Wildman–Crippen LogP) is 2.50. The third-order valence-electron chi connectivity index (χ3n) is 4.96. The zero-order chi connectivity index (χ0) is 17.6. The average molecular weight is 338 g/mol. The van der Waals surface area contributed by atoms with Crippen LogP contribution < -0.4 is 5.73 Å². The number of likely N-dealkylation sites (tertiary alicyclic amines) is 1. The Morgan fingerprint density at radius 3 is 2.68 bits per heavy atom. The Bertz CT molecular complexity index is 698. The van der Waals surface area contributed by atoms with Crippen molar-refractivity contribution in [1.29, 1.82) is 0 Å². The monoisotopic (exact) mass is 338 g/mol. The summed E-state index contributed by atoms with van der Waals surface area (Å²) >= 11 is 0. The summed E-state index contributed by atoms with van der Waals surface area (Å²) in [5.74, 6) is 0.0750. The molecule has 1 amide bonds. The van der Waals surface area contributed by atoms with Crippen molar-refractivity contribution < 1.29 is 4.79 Å². The highest BCUT2D eigenvalue weighted by Gasteiger charge is 2.26. The lowest BCUT2D eigenvalue weighted by Crippen LogP contribution is -2.39. The molecule has 1 aliphatic rings. The van der Waals surface area contributed by atoms with Crippen LogP contribution in [0.1, 0.15) is 30.0 Å². The van der Waals surface area contributed by atoms with Crippen molar-refractivity contribution in [3.8, 4) is 0 Å². The van der Waals surface area contributed by atoms with E-state index in [-0.39, 0.29) is 11.9 Å². The van der Waals surface area contributed by atoms with Gasteiger partial charge in [0, 0.05) is 31.7 Å². The fourth-order valence-electron chi connectivity index (χ4n) is 3.39. The fourth-order valence-corrected chi connectivity index (χ4v) is 3.39. The molecule has 1 unspecified atom stereocenters. The van der Waals surface area contributed by atoms with E-state index >= 15 is 0 Å². The zero-order valence-corrected chi connectivity index (χ0v) is 14.8. The van der Waals surface area contributed by atoms with Gasteiger partial charge in [0.15, 0.2) is 0 Å². The van der Waals surface area contributed by atoms with Crippen LogP contribution in [0.25, 0.3) is 0 Å². The van der Waals surface area contributed by atoms with Crippen LogP contribution in [-0.2, 0) is 11.2 Å². The highest BCUT2D eigenvalue weighted by Crippen LogP contribution is 2.23. The van der Waals surface area contributed by atoms with Gasteiger partial charge in [0.1, 0.15) is 0 Å². The molecule has 0 bridgehead atoms. The van der Waals surface area contributed by atoms with Gasteiger partial charge in [0.05, 0.1) is 12.5 Å². The number of pyridine rings is 1. The molecule has 1 aliphatic heterocycles. The number of para-hydroxylation sites is 1. The first-order valence-corrected chi connectivity index (χ1v) is 8.86. The molecule has 132 valence electrons. The van der Waals surface area contributed by atoms with Crippen LogP contribution in [0.3, 0.4) is 0 Å². The summed E-state index contributed by atoms with van der Waals surface area (Å²) in [6, 6.07) is 11.5. The van der Waals surface area contributed by atoms with Crippen molar-refractivity contribution in [1.82, 2.24) is 14.8 Å². The standard InChI is InChI=1S/C20H26N4O/c1-23(20(25)13-16-7-2-3-9-18(16)21)19(15-24-11-4-5-12-24)17-8-6-10-22-14-17/h2-3,6-10,14,19H,4-5,11-13,15,21H2,1H3. The molecule has 0 spiro atoms. The Morgan fingerprint density at radius 2 is 2.00 bits per heavy atom. The number of hydrogen-bond donors (Lipinski definition) is 1. The molecule has 5 heteroatoms. The molecule has 2 heterocycles. The second-order valence-corrected chi connectivity index (χ2v) is 6.69. The number of carbonyl (C=O) groups excluding carboxylic acids is 1. The zero-order valence-electron chi connectivity index (χ0n) is 14.8. The molecule has 25 heavy (non-hydrogen) atoms. The number of amides is 1. The number of nitrogen functional groups attached to an aromatic ring is 1. The second kappa shape index (κ2) is 8.12. The SMILES string of the molecule is CN(C(=O)Cc1ccccc1N)C(CN1CCCC1)c1cccnc1. The summed E-state index contributed by atoms with van der Waals surface area (Å²) in [5.41, 5.74) is 8.62. The van der Waals surface area contributed by atoms with Gasteiger partial charge >= 0.3 is 0 Å².